The molecule has 0 fully saturated rings. The van der Waals surface area contributed by atoms with Crippen LogP contribution in [0.1, 0.15) is 9.60 Å². The molecular formula is C51H33N3. The monoisotopic (exact) mass is 694 g/mol. The molecule has 10 rings (SSSR count). The Morgan fingerprint density at radius 3 is 1.65 bits per heavy atom. The van der Waals surface area contributed by atoms with Crippen LogP contribution in [0, 0.1) is 0 Å². The van der Waals surface area contributed by atoms with Crippen LogP contribution < -0.4 is 0 Å². The third-order valence-corrected chi connectivity index (χ3v) is 9.72. The highest BCUT2D eigenvalue weighted by atomic mass is 15.0. The maximum atomic E-state index is 9.05. The van der Waals surface area contributed by atoms with Crippen molar-refractivity contribution < 1.29 is 9.60 Å². The Morgan fingerprint density at radius 2 is 0.870 bits per heavy atom. The third kappa shape index (κ3) is 5.98. The molecule has 0 bridgehead atoms. The smallest absolute Gasteiger partial charge is 0.164 e. The fourth-order valence-corrected chi connectivity index (χ4v) is 6.99. The highest BCUT2D eigenvalue weighted by molar-refractivity contribution is 6.00. The minimum absolute atomic E-state index is 0.0670. The van der Waals surface area contributed by atoms with Crippen LogP contribution in [0.2, 0.25) is 0 Å². The Morgan fingerprint density at radius 1 is 0.315 bits per heavy atom. The van der Waals surface area contributed by atoms with E-state index >= 15 is 0 Å². The van der Waals surface area contributed by atoms with Gasteiger partial charge in [0, 0.05) is 16.7 Å². The van der Waals surface area contributed by atoms with Gasteiger partial charge in [0.15, 0.2) is 17.5 Å². The molecule has 0 amide bonds. The maximum absolute atomic E-state index is 9.05. The summed E-state index contributed by atoms with van der Waals surface area (Å²) in [5, 5.41) is 3.76. The first-order chi connectivity index (χ1) is 29.6. The number of aromatic nitrogens is 3. The van der Waals surface area contributed by atoms with Crippen molar-refractivity contribution in [3.63, 3.8) is 0 Å². The Labute approximate surface area is 323 Å². The molecule has 0 unspecified atom stereocenters. The number of nitrogens with zero attached hydrogens (tertiary/aromatic N) is 3. The second-order valence-electron chi connectivity index (χ2n) is 13.1. The van der Waals surface area contributed by atoms with Crippen molar-refractivity contribution in [2.24, 2.45) is 0 Å². The van der Waals surface area contributed by atoms with Crippen LogP contribution in [0.3, 0.4) is 0 Å². The van der Waals surface area contributed by atoms with Gasteiger partial charge in [0.1, 0.15) is 0 Å². The van der Waals surface area contributed by atoms with E-state index in [1.807, 2.05) is 97.1 Å². The van der Waals surface area contributed by atoms with Crippen LogP contribution >= 0.6 is 0 Å². The fourth-order valence-electron chi connectivity index (χ4n) is 6.99. The molecule has 0 saturated heterocycles. The predicted octanol–water partition coefficient (Wildman–Crippen LogP) is 13.3. The lowest BCUT2D eigenvalue weighted by molar-refractivity contribution is 1.07. The van der Waals surface area contributed by atoms with Crippen LogP contribution in [0.15, 0.2) is 200 Å². The fraction of sp³-hybridized carbons (Fsp3) is 0. The molecule has 0 aliphatic rings. The van der Waals surface area contributed by atoms with Crippen LogP contribution in [0.25, 0.3) is 99.9 Å². The molecule has 0 radical (unpaired) electrons. The minimum Gasteiger partial charge on any atom is -0.208 e. The average molecular weight is 695 g/mol. The van der Waals surface area contributed by atoms with E-state index in [0.717, 1.165) is 60.5 Å². The van der Waals surface area contributed by atoms with Gasteiger partial charge in [-0.1, -0.05) is 170 Å². The van der Waals surface area contributed by atoms with Gasteiger partial charge in [-0.15, -0.1) is 0 Å². The summed E-state index contributed by atoms with van der Waals surface area (Å²) < 4.78 is 59.9. The number of fused-ring (bicyclic) bond motifs is 3. The largest absolute Gasteiger partial charge is 0.208 e. The number of rotatable bonds is 6. The quantitative estimate of drug-likeness (QED) is 0.174. The van der Waals surface area contributed by atoms with Crippen molar-refractivity contribution >= 4 is 32.3 Å². The number of hydrogen-bond donors (Lipinski definition) is 0. The minimum atomic E-state index is -0.490. The van der Waals surface area contributed by atoms with E-state index in [0.29, 0.717) is 23.0 Å². The first-order valence-electron chi connectivity index (χ1n) is 21.2. The first-order valence-corrected chi connectivity index (χ1v) is 17.7. The molecule has 10 aromatic rings. The lowest BCUT2D eigenvalue weighted by Crippen LogP contribution is -2.00. The average Bonchev–Trinajstić information content (AvgIpc) is 3.31. The van der Waals surface area contributed by atoms with Crippen molar-refractivity contribution in [1.82, 2.24) is 15.0 Å². The van der Waals surface area contributed by atoms with Crippen molar-refractivity contribution in [2.45, 2.75) is 0 Å². The summed E-state index contributed by atoms with van der Waals surface area (Å²) in [5.74, 6) is 1.65. The van der Waals surface area contributed by atoms with Gasteiger partial charge in [0.2, 0.25) is 0 Å². The van der Waals surface area contributed by atoms with Gasteiger partial charge in [-0.05, 0) is 96.0 Å². The van der Waals surface area contributed by atoms with Crippen molar-refractivity contribution in [3.8, 4) is 67.5 Å². The SMILES string of the molecule is [2H]c1c([2H])c([2H])c2c([2H])c(-c3ccc4c(-c5cccc(-c6nc(-c7ccccc7)nc(-c7ccc8cc(-c9ccccc9)ccc8c7)n6)c5)cccc4c3)c([2H])c([2H])c2c1[2H]. The Bertz CT molecular complexity index is 3390. The van der Waals surface area contributed by atoms with E-state index in [1.54, 1.807) is 6.07 Å². The van der Waals surface area contributed by atoms with Crippen LogP contribution in [0.4, 0.5) is 0 Å². The van der Waals surface area contributed by atoms with E-state index in [1.165, 1.54) is 0 Å². The van der Waals surface area contributed by atoms with Crippen molar-refractivity contribution in [1.29, 1.82) is 0 Å². The van der Waals surface area contributed by atoms with Gasteiger partial charge in [0.25, 0.3) is 0 Å². The van der Waals surface area contributed by atoms with Crippen LogP contribution in [0.5, 0.6) is 0 Å². The Kier molecular flexibility index (Phi) is 6.17. The second kappa shape index (κ2) is 13.4. The van der Waals surface area contributed by atoms with E-state index in [-0.39, 0.29) is 34.5 Å². The van der Waals surface area contributed by atoms with E-state index in [9.17, 15) is 0 Å². The molecule has 9 aromatic carbocycles. The van der Waals surface area contributed by atoms with Gasteiger partial charge in [-0.25, -0.2) is 15.0 Å². The topological polar surface area (TPSA) is 38.7 Å². The third-order valence-electron chi connectivity index (χ3n) is 9.72. The van der Waals surface area contributed by atoms with Gasteiger partial charge >= 0.3 is 0 Å². The van der Waals surface area contributed by atoms with E-state index in [2.05, 4.69) is 54.6 Å². The van der Waals surface area contributed by atoms with Crippen molar-refractivity contribution in [2.75, 3.05) is 0 Å². The Balaban J connectivity index is 1.06. The summed E-state index contributed by atoms with van der Waals surface area (Å²) in [6.45, 7) is 0. The molecule has 0 N–H and O–H groups in total. The summed E-state index contributed by atoms with van der Waals surface area (Å²) in [7, 11) is 0. The van der Waals surface area contributed by atoms with Gasteiger partial charge < -0.3 is 0 Å². The summed E-state index contributed by atoms with van der Waals surface area (Å²) in [4.78, 5) is 15.0. The van der Waals surface area contributed by atoms with Crippen molar-refractivity contribution in [3.05, 3.63) is 200 Å². The highest BCUT2D eigenvalue weighted by Crippen LogP contribution is 2.35. The zero-order valence-corrected chi connectivity index (χ0v) is 28.9. The standard InChI is InChI=1S/C51H33N3/c1-3-11-34(12-4-1)38-23-24-41-32-46(26-25-40(41)30-38)51-53-49(36-14-5-2-6-15-36)52-50(54-51)45-19-9-17-44(33-45)47-20-10-18-43-31-42(27-28-48(43)47)39-22-21-35-13-7-8-16-37(35)29-39/h1-33H/i7D,8D,13D,16D,21D,22D,29D. The van der Waals surface area contributed by atoms with Gasteiger partial charge in [-0.3, -0.25) is 0 Å². The van der Waals surface area contributed by atoms with E-state index < -0.39 is 24.2 Å². The number of hydrogen-bond acceptors (Lipinski definition) is 3. The molecule has 3 heteroatoms. The lowest BCUT2D eigenvalue weighted by atomic mass is 9.94. The molecule has 0 saturated carbocycles. The molecule has 54 heavy (non-hydrogen) atoms. The summed E-state index contributed by atoms with van der Waals surface area (Å²) in [5.41, 5.74) is 7.38. The van der Waals surface area contributed by atoms with Gasteiger partial charge in [-0.2, -0.15) is 0 Å². The molecule has 0 atom stereocenters. The molecule has 252 valence electrons. The van der Waals surface area contributed by atoms with Gasteiger partial charge in [0.05, 0.1) is 9.60 Å². The molecule has 0 spiro atoms. The molecule has 1 aromatic heterocycles. The molecular weight excluding hydrogens is 655 g/mol. The second-order valence-corrected chi connectivity index (χ2v) is 13.1. The highest BCUT2D eigenvalue weighted by Gasteiger charge is 2.15. The predicted molar refractivity (Wildman–Crippen MR) is 225 cm³/mol. The summed E-state index contributed by atoms with van der Waals surface area (Å²) in [6.07, 6.45) is 0. The van der Waals surface area contributed by atoms with Crippen LogP contribution in [-0.2, 0) is 0 Å². The van der Waals surface area contributed by atoms with E-state index in [4.69, 9.17) is 24.5 Å². The van der Waals surface area contributed by atoms with Crippen LogP contribution in [-0.4, -0.2) is 15.0 Å². The maximum Gasteiger partial charge on any atom is 0.164 e. The normalized spacial score (nSPS) is 13.1. The molecule has 0 aliphatic carbocycles. The summed E-state index contributed by atoms with van der Waals surface area (Å²) >= 11 is 0. The molecule has 0 aliphatic heterocycles. The zero-order chi connectivity index (χ0) is 41.9. The number of benzene rings is 9. The zero-order valence-electron chi connectivity index (χ0n) is 35.9. The molecule has 1 heterocycles. The Hall–Kier alpha value is -7.23. The molecule has 3 nitrogen and oxygen atoms in total. The first kappa shape index (κ1) is 24.9. The lowest BCUT2D eigenvalue weighted by Gasteiger charge is -2.12. The summed E-state index contributed by atoms with van der Waals surface area (Å²) in [6, 6.07) is 50.0.